The third-order valence-corrected chi connectivity index (χ3v) is 9.80. The largest absolute Gasteiger partial charge is 0.400 e. The van der Waals surface area contributed by atoms with Gasteiger partial charge in [0.05, 0.1) is 0 Å². The van der Waals surface area contributed by atoms with Crippen molar-refractivity contribution in [2.24, 2.45) is 11.8 Å². The SMILES string of the molecule is CO[SiH](CC1CCCCC1)OC.CO[SiH](CCC1CCCCC1)OC. The lowest BCUT2D eigenvalue weighted by Crippen LogP contribution is -2.23. The average Bonchev–Trinajstić information content (AvgIpc) is 2.69. The van der Waals surface area contributed by atoms with Crippen LogP contribution < -0.4 is 0 Å². The van der Waals surface area contributed by atoms with Crippen LogP contribution in [0.4, 0.5) is 0 Å². The Kier molecular flexibility index (Phi) is 14.3. The number of hydrogen-bond donors (Lipinski definition) is 0. The Labute approximate surface area is 159 Å². The summed E-state index contributed by atoms with van der Waals surface area (Å²) in [6.07, 6.45) is 15.6. The zero-order chi connectivity index (χ0) is 18.3. The summed E-state index contributed by atoms with van der Waals surface area (Å²) in [5.41, 5.74) is 0. The zero-order valence-electron chi connectivity index (χ0n) is 17.1. The molecule has 0 amide bonds. The van der Waals surface area contributed by atoms with Gasteiger partial charge in [0.1, 0.15) is 0 Å². The molecule has 0 unspecified atom stereocenters. The first-order chi connectivity index (χ1) is 12.2. The van der Waals surface area contributed by atoms with Crippen molar-refractivity contribution in [1.82, 2.24) is 0 Å². The van der Waals surface area contributed by atoms with Crippen LogP contribution in [0.15, 0.2) is 0 Å². The van der Waals surface area contributed by atoms with Crippen molar-refractivity contribution in [1.29, 1.82) is 0 Å². The lowest BCUT2D eigenvalue weighted by Gasteiger charge is -2.23. The van der Waals surface area contributed by atoms with Crippen molar-refractivity contribution >= 4 is 18.6 Å². The molecule has 0 saturated heterocycles. The summed E-state index contributed by atoms with van der Waals surface area (Å²) in [6, 6.07) is 2.41. The minimum absolute atomic E-state index is 0.898. The Morgan fingerprint density at radius 3 is 1.48 bits per heavy atom. The van der Waals surface area contributed by atoms with Crippen molar-refractivity contribution in [3.05, 3.63) is 0 Å². The minimum Gasteiger partial charge on any atom is -0.400 e. The molecule has 0 aromatic carbocycles. The molecule has 150 valence electrons. The van der Waals surface area contributed by atoms with Crippen LogP contribution in [-0.2, 0) is 17.7 Å². The molecule has 0 aromatic rings. The first kappa shape index (κ1) is 23.3. The molecule has 2 rings (SSSR count). The first-order valence-corrected chi connectivity index (χ1v) is 13.9. The molecule has 0 radical (unpaired) electrons. The summed E-state index contributed by atoms with van der Waals surface area (Å²) in [4.78, 5) is 0. The summed E-state index contributed by atoms with van der Waals surface area (Å²) in [5.74, 6) is 1.87. The number of rotatable bonds is 9. The summed E-state index contributed by atoms with van der Waals surface area (Å²) in [7, 11) is 4.59. The monoisotopic (exact) mass is 390 g/mol. The van der Waals surface area contributed by atoms with Gasteiger partial charge in [0.15, 0.2) is 0 Å². The molecule has 2 saturated carbocycles. The highest BCUT2D eigenvalue weighted by Gasteiger charge is 2.20. The smallest absolute Gasteiger partial charge is 0.321 e. The van der Waals surface area contributed by atoms with Crippen molar-refractivity contribution in [2.45, 2.75) is 82.7 Å². The van der Waals surface area contributed by atoms with Crippen LogP contribution in [0, 0.1) is 11.8 Å². The van der Waals surface area contributed by atoms with E-state index in [0.717, 1.165) is 11.8 Å². The van der Waals surface area contributed by atoms with Crippen LogP contribution in [0.1, 0.15) is 70.6 Å². The topological polar surface area (TPSA) is 36.9 Å². The molecule has 0 aliphatic heterocycles. The summed E-state index contributed by atoms with van der Waals surface area (Å²) < 4.78 is 21.3. The lowest BCUT2D eigenvalue weighted by molar-refractivity contribution is 0.259. The fraction of sp³-hybridized carbons (Fsp3) is 1.00. The van der Waals surface area contributed by atoms with E-state index < -0.39 is 18.6 Å². The molecule has 0 N–H and O–H groups in total. The Balaban J connectivity index is 0.000000251. The predicted molar refractivity (Wildman–Crippen MR) is 110 cm³/mol. The fourth-order valence-electron chi connectivity index (χ4n) is 4.16. The van der Waals surface area contributed by atoms with Crippen LogP contribution in [0.5, 0.6) is 0 Å². The van der Waals surface area contributed by atoms with Crippen molar-refractivity contribution in [3.8, 4) is 0 Å². The standard InChI is InChI=1S/C10H22O2Si.C9H20O2Si/c1-11-13(12-2)9-8-10-6-4-3-5-7-10;1-10-12(11-2)8-9-6-4-3-5-7-9/h10,13H,3-9H2,1-2H3;9,12H,3-8H2,1-2H3. The molecule has 0 aromatic heterocycles. The van der Waals surface area contributed by atoms with E-state index in [-0.39, 0.29) is 0 Å². The second-order valence-electron chi connectivity index (χ2n) is 7.62. The van der Waals surface area contributed by atoms with Gasteiger partial charge in [-0.1, -0.05) is 64.2 Å². The molecule has 0 atom stereocenters. The van der Waals surface area contributed by atoms with Crippen LogP contribution in [0.3, 0.4) is 0 Å². The summed E-state index contributed by atoms with van der Waals surface area (Å²) in [5, 5.41) is 0. The Hall–Kier alpha value is 0.274. The van der Waals surface area contributed by atoms with Crippen LogP contribution in [0.25, 0.3) is 0 Å². The molecule has 6 heteroatoms. The maximum atomic E-state index is 5.32. The molecule has 2 aliphatic rings. The van der Waals surface area contributed by atoms with Crippen molar-refractivity contribution < 1.29 is 17.7 Å². The van der Waals surface area contributed by atoms with Gasteiger partial charge in [0.2, 0.25) is 0 Å². The molecular weight excluding hydrogens is 348 g/mol. The van der Waals surface area contributed by atoms with Gasteiger partial charge < -0.3 is 17.7 Å². The highest BCUT2D eigenvalue weighted by Crippen LogP contribution is 2.28. The van der Waals surface area contributed by atoms with E-state index in [1.54, 1.807) is 28.4 Å². The molecule has 0 spiro atoms. The number of hydrogen-bond acceptors (Lipinski definition) is 4. The van der Waals surface area contributed by atoms with E-state index in [1.165, 1.54) is 82.7 Å². The maximum absolute atomic E-state index is 5.32. The maximum Gasteiger partial charge on any atom is 0.321 e. The normalized spacial score (nSPS) is 19.9. The highest BCUT2D eigenvalue weighted by molar-refractivity contribution is 6.44. The van der Waals surface area contributed by atoms with Crippen LogP contribution >= 0.6 is 0 Å². The van der Waals surface area contributed by atoms with Gasteiger partial charge >= 0.3 is 18.6 Å². The Morgan fingerprint density at radius 1 is 0.600 bits per heavy atom. The van der Waals surface area contributed by atoms with E-state index in [2.05, 4.69) is 0 Å². The van der Waals surface area contributed by atoms with E-state index in [9.17, 15) is 0 Å². The van der Waals surface area contributed by atoms with Gasteiger partial charge in [-0.25, -0.2) is 0 Å². The van der Waals surface area contributed by atoms with E-state index in [1.807, 2.05) is 0 Å². The van der Waals surface area contributed by atoms with E-state index in [0.29, 0.717) is 0 Å². The second-order valence-corrected chi connectivity index (χ2v) is 12.3. The van der Waals surface area contributed by atoms with Gasteiger partial charge in [0.25, 0.3) is 0 Å². The fourth-order valence-corrected chi connectivity index (χ4v) is 7.16. The van der Waals surface area contributed by atoms with Crippen LogP contribution in [0.2, 0.25) is 12.1 Å². The van der Waals surface area contributed by atoms with Gasteiger partial charge in [-0.3, -0.25) is 0 Å². The third kappa shape index (κ3) is 10.9. The third-order valence-electron chi connectivity index (χ3n) is 5.84. The molecule has 4 nitrogen and oxygen atoms in total. The molecule has 25 heavy (non-hydrogen) atoms. The molecule has 0 heterocycles. The molecule has 2 aliphatic carbocycles. The lowest BCUT2D eigenvalue weighted by atomic mass is 9.88. The van der Waals surface area contributed by atoms with Gasteiger partial charge in [-0.15, -0.1) is 0 Å². The Bertz CT molecular complexity index is 287. The summed E-state index contributed by atoms with van der Waals surface area (Å²) >= 11 is 0. The van der Waals surface area contributed by atoms with Crippen molar-refractivity contribution in [2.75, 3.05) is 28.4 Å². The average molecular weight is 391 g/mol. The van der Waals surface area contributed by atoms with E-state index >= 15 is 0 Å². The van der Waals surface area contributed by atoms with E-state index in [4.69, 9.17) is 17.7 Å². The van der Waals surface area contributed by atoms with Gasteiger partial charge in [-0.05, 0) is 30.3 Å². The predicted octanol–water partition coefficient (Wildman–Crippen LogP) is 4.55. The summed E-state index contributed by atoms with van der Waals surface area (Å²) in [6.45, 7) is 0. The molecule has 2 fully saturated rings. The molecule has 0 bridgehead atoms. The Morgan fingerprint density at radius 2 is 1.04 bits per heavy atom. The first-order valence-electron chi connectivity index (χ1n) is 10.3. The zero-order valence-corrected chi connectivity index (χ0v) is 19.4. The quantitative estimate of drug-likeness (QED) is 0.541. The minimum atomic E-state index is -1.27. The van der Waals surface area contributed by atoms with Crippen LogP contribution in [-0.4, -0.2) is 47.0 Å². The van der Waals surface area contributed by atoms with Crippen molar-refractivity contribution in [3.63, 3.8) is 0 Å². The second kappa shape index (κ2) is 15.3. The van der Waals surface area contributed by atoms with Gasteiger partial charge in [0, 0.05) is 28.4 Å². The highest BCUT2D eigenvalue weighted by atomic mass is 28.3. The molecular formula is C19H42O4Si2. The van der Waals surface area contributed by atoms with Gasteiger partial charge in [-0.2, -0.15) is 0 Å².